The zero-order valence-corrected chi connectivity index (χ0v) is 13.0. The van der Waals surface area contributed by atoms with Crippen LogP contribution in [0.15, 0.2) is 36.4 Å². The molecule has 116 valence electrons. The molecule has 0 aromatic heterocycles. The monoisotopic (exact) mass is 343 g/mol. The van der Waals surface area contributed by atoms with Crippen molar-refractivity contribution in [2.45, 2.75) is 26.2 Å². The highest BCUT2D eigenvalue weighted by Gasteiger charge is 2.20. The Morgan fingerprint density at radius 3 is 2.05 bits per heavy atom. The number of alkyl halides is 2. The van der Waals surface area contributed by atoms with E-state index in [1.807, 2.05) is 12.1 Å². The Balaban J connectivity index is 1.65. The summed E-state index contributed by atoms with van der Waals surface area (Å²) in [5.41, 5.74) is 3.38. The first-order valence-electron chi connectivity index (χ1n) is 6.74. The molecule has 1 aliphatic heterocycles. The molecule has 0 fully saturated rings. The summed E-state index contributed by atoms with van der Waals surface area (Å²) in [5, 5.41) is 1.13. The van der Waals surface area contributed by atoms with Crippen LogP contribution in [0.1, 0.15) is 16.7 Å². The van der Waals surface area contributed by atoms with Gasteiger partial charge >= 0.3 is 6.61 Å². The van der Waals surface area contributed by atoms with Crippen LogP contribution in [0.25, 0.3) is 0 Å². The highest BCUT2D eigenvalue weighted by atomic mass is 35.5. The number of fused-ring (bicyclic) bond motifs is 1. The van der Waals surface area contributed by atoms with Gasteiger partial charge in [0.15, 0.2) is 0 Å². The van der Waals surface area contributed by atoms with Gasteiger partial charge in [-0.25, -0.2) is 0 Å². The molecule has 0 saturated carbocycles. The summed E-state index contributed by atoms with van der Waals surface area (Å²) in [6.45, 7) is -0.490. The van der Waals surface area contributed by atoms with Crippen molar-refractivity contribution in [3.63, 3.8) is 0 Å². The minimum atomic E-state index is -2.80. The van der Waals surface area contributed by atoms with Crippen molar-refractivity contribution in [1.82, 2.24) is 4.90 Å². The van der Waals surface area contributed by atoms with Crippen molar-refractivity contribution in [2.75, 3.05) is 0 Å². The zero-order chi connectivity index (χ0) is 15.7. The standard InChI is InChI=1S/C16H13Cl2F2NO/c17-14-5-11-8-21(9-12(11)6-15(14)18)7-10-1-3-13(4-2-10)22-16(19)20/h1-6,16H,7-9H2. The molecule has 2 nitrogen and oxygen atoms in total. The average Bonchev–Trinajstić information content (AvgIpc) is 2.82. The van der Waals surface area contributed by atoms with E-state index in [2.05, 4.69) is 9.64 Å². The quantitative estimate of drug-likeness (QED) is 0.764. The predicted octanol–water partition coefficient (Wildman–Crippen LogP) is 5.11. The van der Waals surface area contributed by atoms with Crippen LogP contribution in [0.3, 0.4) is 0 Å². The van der Waals surface area contributed by atoms with Gasteiger partial charge in [0, 0.05) is 19.6 Å². The van der Waals surface area contributed by atoms with Crippen molar-refractivity contribution in [1.29, 1.82) is 0 Å². The van der Waals surface area contributed by atoms with Crippen molar-refractivity contribution < 1.29 is 13.5 Å². The first-order chi connectivity index (χ1) is 10.5. The average molecular weight is 344 g/mol. The van der Waals surface area contributed by atoms with Crippen LogP contribution >= 0.6 is 23.2 Å². The number of rotatable bonds is 4. The minimum Gasteiger partial charge on any atom is -0.435 e. The topological polar surface area (TPSA) is 12.5 Å². The smallest absolute Gasteiger partial charge is 0.387 e. The lowest BCUT2D eigenvalue weighted by molar-refractivity contribution is -0.0498. The van der Waals surface area contributed by atoms with Crippen molar-refractivity contribution >= 4 is 23.2 Å². The summed E-state index contributed by atoms with van der Waals surface area (Å²) in [7, 11) is 0. The van der Waals surface area contributed by atoms with E-state index in [0.29, 0.717) is 10.0 Å². The number of hydrogen-bond acceptors (Lipinski definition) is 2. The molecule has 22 heavy (non-hydrogen) atoms. The molecule has 0 amide bonds. The number of hydrogen-bond donors (Lipinski definition) is 0. The Hall–Kier alpha value is -1.36. The van der Waals surface area contributed by atoms with Crippen molar-refractivity contribution in [3.05, 3.63) is 63.1 Å². The lowest BCUT2D eigenvalue weighted by atomic mass is 10.1. The van der Waals surface area contributed by atoms with E-state index in [1.165, 1.54) is 11.1 Å². The van der Waals surface area contributed by atoms with E-state index in [9.17, 15) is 8.78 Å². The second-order valence-electron chi connectivity index (χ2n) is 5.20. The number of benzene rings is 2. The fourth-order valence-corrected chi connectivity index (χ4v) is 2.98. The third-order valence-corrected chi connectivity index (χ3v) is 4.31. The summed E-state index contributed by atoms with van der Waals surface area (Å²) in [6, 6.07) is 10.5. The van der Waals surface area contributed by atoms with Gasteiger partial charge in [-0.1, -0.05) is 35.3 Å². The van der Waals surface area contributed by atoms with Crippen LogP contribution in [0.2, 0.25) is 10.0 Å². The largest absolute Gasteiger partial charge is 0.435 e. The molecular weight excluding hydrogens is 331 g/mol. The van der Waals surface area contributed by atoms with Gasteiger partial charge in [0.1, 0.15) is 5.75 Å². The van der Waals surface area contributed by atoms with E-state index >= 15 is 0 Å². The molecule has 0 bridgehead atoms. The van der Waals surface area contributed by atoms with Crippen molar-refractivity contribution in [2.24, 2.45) is 0 Å². The third kappa shape index (κ3) is 3.51. The number of halogens is 4. The van der Waals surface area contributed by atoms with Crippen LogP contribution in [-0.2, 0) is 19.6 Å². The second-order valence-corrected chi connectivity index (χ2v) is 6.02. The van der Waals surface area contributed by atoms with Gasteiger partial charge in [0.05, 0.1) is 10.0 Å². The Labute approximate surface area is 137 Å². The molecule has 0 atom stereocenters. The van der Waals surface area contributed by atoms with E-state index < -0.39 is 6.61 Å². The molecule has 1 heterocycles. The van der Waals surface area contributed by atoms with E-state index in [1.54, 1.807) is 24.3 Å². The summed E-state index contributed by atoms with van der Waals surface area (Å²) in [4.78, 5) is 2.24. The van der Waals surface area contributed by atoms with Gasteiger partial charge in [0.2, 0.25) is 0 Å². The van der Waals surface area contributed by atoms with Gasteiger partial charge in [0.25, 0.3) is 0 Å². The lowest BCUT2D eigenvalue weighted by Gasteiger charge is -2.15. The molecular formula is C16H13Cl2F2NO. The molecule has 1 aliphatic rings. The molecule has 0 spiro atoms. The van der Waals surface area contributed by atoms with E-state index in [-0.39, 0.29) is 5.75 Å². The summed E-state index contributed by atoms with van der Waals surface area (Å²) in [5.74, 6) is 0.169. The summed E-state index contributed by atoms with van der Waals surface area (Å²) < 4.78 is 28.6. The van der Waals surface area contributed by atoms with Crippen LogP contribution in [-0.4, -0.2) is 11.5 Å². The number of ether oxygens (including phenoxy) is 1. The molecule has 6 heteroatoms. The first kappa shape index (κ1) is 15.5. The molecule has 2 aromatic carbocycles. The second kappa shape index (κ2) is 6.41. The molecule has 3 rings (SSSR count). The molecule has 0 unspecified atom stereocenters. The normalized spacial score (nSPS) is 14.4. The fraction of sp³-hybridized carbons (Fsp3) is 0.250. The summed E-state index contributed by atoms with van der Waals surface area (Å²) in [6.07, 6.45) is 0. The highest BCUT2D eigenvalue weighted by Crippen LogP contribution is 2.32. The molecule has 0 saturated heterocycles. The lowest BCUT2D eigenvalue weighted by Crippen LogP contribution is -2.15. The Morgan fingerprint density at radius 2 is 1.55 bits per heavy atom. The van der Waals surface area contributed by atoms with Crippen LogP contribution in [0.4, 0.5) is 8.78 Å². The Bertz CT molecular complexity index is 646. The van der Waals surface area contributed by atoms with E-state index in [4.69, 9.17) is 23.2 Å². The molecule has 0 N–H and O–H groups in total. The maximum Gasteiger partial charge on any atom is 0.387 e. The SMILES string of the molecule is FC(F)Oc1ccc(CN2Cc3cc(Cl)c(Cl)cc3C2)cc1. The van der Waals surface area contributed by atoms with Crippen LogP contribution in [0.5, 0.6) is 5.75 Å². The molecule has 0 aliphatic carbocycles. The Morgan fingerprint density at radius 1 is 1.00 bits per heavy atom. The maximum atomic E-state index is 12.1. The highest BCUT2D eigenvalue weighted by molar-refractivity contribution is 6.42. The fourth-order valence-electron chi connectivity index (χ4n) is 2.61. The van der Waals surface area contributed by atoms with Crippen LogP contribution < -0.4 is 4.74 Å². The van der Waals surface area contributed by atoms with Gasteiger partial charge < -0.3 is 4.74 Å². The first-order valence-corrected chi connectivity index (χ1v) is 7.50. The van der Waals surface area contributed by atoms with E-state index in [0.717, 1.165) is 25.2 Å². The zero-order valence-electron chi connectivity index (χ0n) is 11.5. The number of nitrogens with zero attached hydrogens (tertiary/aromatic N) is 1. The van der Waals surface area contributed by atoms with Crippen LogP contribution in [0, 0.1) is 0 Å². The van der Waals surface area contributed by atoms with Gasteiger partial charge in [-0.3, -0.25) is 4.90 Å². The minimum absolute atomic E-state index is 0.169. The predicted molar refractivity (Wildman–Crippen MR) is 82.5 cm³/mol. The Kier molecular flexibility index (Phi) is 4.52. The molecule has 2 aromatic rings. The summed E-state index contributed by atoms with van der Waals surface area (Å²) >= 11 is 12.1. The van der Waals surface area contributed by atoms with Gasteiger partial charge in [-0.15, -0.1) is 0 Å². The van der Waals surface area contributed by atoms with Gasteiger partial charge in [-0.05, 0) is 41.0 Å². The molecule has 0 radical (unpaired) electrons. The van der Waals surface area contributed by atoms with Gasteiger partial charge in [-0.2, -0.15) is 8.78 Å². The maximum absolute atomic E-state index is 12.1. The third-order valence-electron chi connectivity index (χ3n) is 3.59. The van der Waals surface area contributed by atoms with Crippen molar-refractivity contribution in [3.8, 4) is 5.75 Å².